The van der Waals surface area contributed by atoms with Crippen LogP contribution in [0, 0.1) is 0 Å². The van der Waals surface area contributed by atoms with Crippen LogP contribution < -0.4 is 10.1 Å². The molecule has 0 aliphatic carbocycles. The van der Waals surface area contributed by atoms with Crippen LogP contribution in [0.25, 0.3) is 0 Å². The number of esters is 1. The highest BCUT2D eigenvalue weighted by molar-refractivity contribution is 5.92. The molecular formula is C10H14N2O3. The van der Waals surface area contributed by atoms with Crippen LogP contribution in [0.2, 0.25) is 0 Å². The second kappa shape index (κ2) is 5.19. The van der Waals surface area contributed by atoms with Gasteiger partial charge in [-0.15, -0.1) is 0 Å². The van der Waals surface area contributed by atoms with Crippen molar-refractivity contribution < 1.29 is 14.3 Å². The SMILES string of the molecule is CCNc1ccc(C(=O)OC)c(OC)n1. The van der Waals surface area contributed by atoms with Crippen LogP contribution in [-0.4, -0.2) is 31.7 Å². The van der Waals surface area contributed by atoms with Gasteiger partial charge in [-0.25, -0.2) is 4.79 Å². The van der Waals surface area contributed by atoms with Crippen LogP contribution in [-0.2, 0) is 4.74 Å². The Morgan fingerprint density at radius 1 is 1.47 bits per heavy atom. The van der Waals surface area contributed by atoms with Gasteiger partial charge in [0.1, 0.15) is 11.4 Å². The van der Waals surface area contributed by atoms with Gasteiger partial charge in [-0.2, -0.15) is 4.98 Å². The van der Waals surface area contributed by atoms with Crippen molar-refractivity contribution in [2.24, 2.45) is 0 Å². The summed E-state index contributed by atoms with van der Waals surface area (Å²) in [6.45, 7) is 2.72. The summed E-state index contributed by atoms with van der Waals surface area (Å²) in [5.74, 6) is 0.477. The van der Waals surface area contributed by atoms with Gasteiger partial charge in [0.2, 0.25) is 5.88 Å². The van der Waals surface area contributed by atoms with E-state index in [1.54, 1.807) is 12.1 Å². The summed E-state index contributed by atoms with van der Waals surface area (Å²) >= 11 is 0. The molecule has 0 saturated carbocycles. The summed E-state index contributed by atoms with van der Waals surface area (Å²) < 4.78 is 9.60. The number of methoxy groups -OCH3 is 2. The molecule has 15 heavy (non-hydrogen) atoms. The molecule has 0 radical (unpaired) electrons. The van der Waals surface area contributed by atoms with E-state index in [9.17, 15) is 4.79 Å². The zero-order valence-corrected chi connectivity index (χ0v) is 9.03. The van der Waals surface area contributed by atoms with Gasteiger partial charge in [0, 0.05) is 6.54 Å². The number of carbonyl (C=O) groups excluding carboxylic acids is 1. The van der Waals surface area contributed by atoms with Crippen molar-refractivity contribution in [1.29, 1.82) is 0 Å². The maximum absolute atomic E-state index is 11.3. The fourth-order valence-corrected chi connectivity index (χ4v) is 1.14. The monoisotopic (exact) mass is 210 g/mol. The standard InChI is InChI=1S/C10H14N2O3/c1-4-11-8-6-5-7(10(13)15-3)9(12-8)14-2/h5-6H,4H2,1-3H3,(H,11,12). The van der Waals surface area contributed by atoms with Crippen molar-refractivity contribution in [3.05, 3.63) is 17.7 Å². The Morgan fingerprint density at radius 3 is 2.73 bits per heavy atom. The Bertz CT molecular complexity index is 353. The molecule has 0 fully saturated rings. The van der Waals surface area contributed by atoms with Crippen molar-refractivity contribution in [2.75, 3.05) is 26.1 Å². The molecule has 1 N–H and O–H groups in total. The number of rotatable bonds is 4. The first-order valence-electron chi connectivity index (χ1n) is 4.60. The third kappa shape index (κ3) is 2.59. The number of aromatic nitrogens is 1. The second-order valence-corrected chi connectivity index (χ2v) is 2.78. The number of nitrogens with zero attached hydrogens (tertiary/aromatic N) is 1. The van der Waals surface area contributed by atoms with E-state index >= 15 is 0 Å². The number of hydrogen-bond donors (Lipinski definition) is 1. The Morgan fingerprint density at radius 2 is 2.20 bits per heavy atom. The van der Waals surface area contributed by atoms with Crippen LogP contribution in [0.15, 0.2) is 12.1 Å². The molecule has 1 heterocycles. The molecule has 0 unspecified atom stereocenters. The molecule has 0 bridgehead atoms. The predicted molar refractivity (Wildman–Crippen MR) is 56.3 cm³/mol. The minimum atomic E-state index is -0.456. The van der Waals surface area contributed by atoms with Gasteiger partial charge in [-0.1, -0.05) is 0 Å². The van der Waals surface area contributed by atoms with Crippen LogP contribution >= 0.6 is 0 Å². The zero-order valence-electron chi connectivity index (χ0n) is 9.03. The van der Waals surface area contributed by atoms with Crippen LogP contribution in [0.5, 0.6) is 5.88 Å². The van der Waals surface area contributed by atoms with Crippen LogP contribution in [0.3, 0.4) is 0 Å². The minimum absolute atomic E-state index is 0.264. The molecule has 82 valence electrons. The summed E-state index contributed by atoms with van der Waals surface area (Å²) in [5, 5.41) is 3.02. The number of hydrogen-bond acceptors (Lipinski definition) is 5. The summed E-state index contributed by atoms with van der Waals surface area (Å²) in [5.41, 5.74) is 0.321. The van der Waals surface area contributed by atoms with E-state index < -0.39 is 5.97 Å². The van der Waals surface area contributed by atoms with Gasteiger partial charge in [-0.3, -0.25) is 0 Å². The first-order chi connectivity index (χ1) is 7.22. The van der Waals surface area contributed by atoms with Gasteiger partial charge in [0.05, 0.1) is 14.2 Å². The normalized spacial score (nSPS) is 9.53. The molecule has 0 saturated heterocycles. The number of nitrogens with one attached hydrogen (secondary N) is 1. The van der Waals surface area contributed by atoms with Crippen LogP contribution in [0.4, 0.5) is 5.82 Å². The summed E-state index contributed by atoms with van der Waals surface area (Å²) in [6, 6.07) is 3.33. The highest BCUT2D eigenvalue weighted by atomic mass is 16.5. The van der Waals surface area contributed by atoms with E-state index in [2.05, 4.69) is 15.0 Å². The molecular weight excluding hydrogens is 196 g/mol. The maximum atomic E-state index is 11.3. The molecule has 0 spiro atoms. The molecule has 0 amide bonds. The zero-order chi connectivity index (χ0) is 11.3. The molecule has 0 atom stereocenters. The maximum Gasteiger partial charge on any atom is 0.343 e. The second-order valence-electron chi connectivity index (χ2n) is 2.78. The van der Waals surface area contributed by atoms with Gasteiger partial charge in [-0.05, 0) is 19.1 Å². The largest absolute Gasteiger partial charge is 0.480 e. The lowest BCUT2D eigenvalue weighted by Crippen LogP contribution is -2.07. The van der Waals surface area contributed by atoms with E-state index in [0.717, 1.165) is 6.54 Å². The molecule has 5 nitrogen and oxygen atoms in total. The molecule has 0 aliphatic rings. The molecule has 1 aromatic heterocycles. The van der Waals surface area contributed by atoms with Crippen molar-refractivity contribution in [3.63, 3.8) is 0 Å². The van der Waals surface area contributed by atoms with Gasteiger partial charge >= 0.3 is 5.97 Å². The van der Waals surface area contributed by atoms with Crippen LogP contribution in [0.1, 0.15) is 17.3 Å². The Balaban J connectivity index is 3.03. The lowest BCUT2D eigenvalue weighted by molar-refractivity contribution is 0.0596. The fraction of sp³-hybridized carbons (Fsp3) is 0.400. The Labute approximate surface area is 88.4 Å². The van der Waals surface area contributed by atoms with Gasteiger partial charge in [0.15, 0.2) is 0 Å². The molecule has 0 aliphatic heterocycles. The molecule has 1 rings (SSSR count). The summed E-state index contributed by atoms with van der Waals surface area (Å²) in [6.07, 6.45) is 0. The predicted octanol–water partition coefficient (Wildman–Crippen LogP) is 1.31. The topological polar surface area (TPSA) is 60.5 Å². The Kier molecular flexibility index (Phi) is 3.91. The third-order valence-corrected chi connectivity index (χ3v) is 1.82. The first kappa shape index (κ1) is 11.3. The number of pyridine rings is 1. The van der Waals surface area contributed by atoms with Crippen molar-refractivity contribution in [3.8, 4) is 5.88 Å². The highest BCUT2D eigenvalue weighted by Crippen LogP contribution is 2.18. The number of carbonyl (C=O) groups is 1. The molecule has 5 heteroatoms. The average molecular weight is 210 g/mol. The summed E-state index contributed by atoms with van der Waals surface area (Å²) in [4.78, 5) is 15.4. The Hall–Kier alpha value is -1.78. The van der Waals surface area contributed by atoms with Gasteiger partial charge in [0.25, 0.3) is 0 Å². The smallest absolute Gasteiger partial charge is 0.343 e. The molecule has 0 aromatic carbocycles. The minimum Gasteiger partial charge on any atom is -0.480 e. The third-order valence-electron chi connectivity index (χ3n) is 1.82. The number of anilines is 1. The lowest BCUT2D eigenvalue weighted by atomic mass is 10.2. The first-order valence-corrected chi connectivity index (χ1v) is 4.60. The lowest BCUT2D eigenvalue weighted by Gasteiger charge is -2.08. The van der Waals surface area contributed by atoms with E-state index in [4.69, 9.17) is 4.74 Å². The van der Waals surface area contributed by atoms with E-state index in [0.29, 0.717) is 11.4 Å². The number of ether oxygens (including phenoxy) is 2. The molecule has 1 aromatic rings. The van der Waals surface area contributed by atoms with Crippen molar-refractivity contribution in [1.82, 2.24) is 4.98 Å². The quantitative estimate of drug-likeness (QED) is 0.759. The van der Waals surface area contributed by atoms with E-state index in [1.807, 2.05) is 6.92 Å². The van der Waals surface area contributed by atoms with Gasteiger partial charge < -0.3 is 14.8 Å². The van der Waals surface area contributed by atoms with E-state index in [1.165, 1.54) is 14.2 Å². The average Bonchev–Trinajstić information content (AvgIpc) is 2.28. The highest BCUT2D eigenvalue weighted by Gasteiger charge is 2.14. The van der Waals surface area contributed by atoms with Crippen molar-refractivity contribution >= 4 is 11.8 Å². The summed E-state index contributed by atoms with van der Waals surface area (Å²) in [7, 11) is 2.78. The van der Waals surface area contributed by atoms with Crippen molar-refractivity contribution in [2.45, 2.75) is 6.92 Å². The fourth-order valence-electron chi connectivity index (χ4n) is 1.14. The van der Waals surface area contributed by atoms with E-state index in [-0.39, 0.29) is 5.88 Å².